The first kappa shape index (κ1) is 14.9. The van der Waals surface area contributed by atoms with Gasteiger partial charge in [0.25, 0.3) is 0 Å². The van der Waals surface area contributed by atoms with Gasteiger partial charge in [-0.25, -0.2) is 4.98 Å². The SMILES string of the molecule is COc1ccnc(Nc2ccc(OC(C)C)c(OC)c2)n1. The molecule has 112 valence electrons. The summed E-state index contributed by atoms with van der Waals surface area (Å²) in [5.74, 6) is 2.30. The Bertz CT molecular complexity index is 602. The molecule has 0 radical (unpaired) electrons. The molecule has 2 rings (SSSR count). The molecule has 2 aromatic rings. The molecule has 0 unspecified atom stereocenters. The van der Waals surface area contributed by atoms with Crippen LogP contribution in [0.2, 0.25) is 0 Å². The van der Waals surface area contributed by atoms with Gasteiger partial charge in [0.05, 0.1) is 20.3 Å². The van der Waals surface area contributed by atoms with Crippen molar-refractivity contribution >= 4 is 11.6 Å². The van der Waals surface area contributed by atoms with Crippen molar-refractivity contribution in [3.63, 3.8) is 0 Å². The molecular weight excluding hydrogens is 270 g/mol. The molecule has 0 aliphatic rings. The topological polar surface area (TPSA) is 65.5 Å². The Hall–Kier alpha value is -2.50. The normalized spacial score (nSPS) is 10.3. The molecule has 6 heteroatoms. The van der Waals surface area contributed by atoms with Gasteiger partial charge in [0, 0.05) is 24.0 Å². The van der Waals surface area contributed by atoms with Crippen molar-refractivity contribution in [1.82, 2.24) is 9.97 Å². The highest BCUT2D eigenvalue weighted by Gasteiger charge is 2.08. The van der Waals surface area contributed by atoms with Crippen LogP contribution in [-0.4, -0.2) is 30.3 Å². The summed E-state index contributed by atoms with van der Waals surface area (Å²) in [6, 6.07) is 7.25. The molecule has 1 aromatic heterocycles. The van der Waals surface area contributed by atoms with Crippen molar-refractivity contribution in [3.05, 3.63) is 30.5 Å². The summed E-state index contributed by atoms with van der Waals surface area (Å²) in [5.41, 5.74) is 0.802. The minimum Gasteiger partial charge on any atom is -0.493 e. The second-order valence-electron chi connectivity index (χ2n) is 4.58. The predicted octanol–water partition coefficient (Wildman–Crippen LogP) is 3.02. The van der Waals surface area contributed by atoms with Gasteiger partial charge in [0.2, 0.25) is 11.8 Å². The van der Waals surface area contributed by atoms with Crippen molar-refractivity contribution in [2.24, 2.45) is 0 Å². The summed E-state index contributed by atoms with van der Waals surface area (Å²) in [7, 11) is 3.17. The van der Waals surface area contributed by atoms with E-state index in [1.807, 2.05) is 32.0 Å². The Labute approximate surface area is 124 Å². The Morgan fingerprint density at radius 3 is 2.52 bits per heavy atom. The molecule has 0 atom stereocenters. The number of hydrogen-bond acceptors (Lipinski definition) is 6. The third-order valence-corrected chi connectivity index (χ3v) is 2.62. The van der Waals surface area contributed by atoms with Crippen LogP contribution in [0.4, 0.5) is 11.6 Å². The Morgan fingerprint density at radius 2 is 1.86 bits per heavy atom. The fourth-order valence-electron chi connectivity index (χ4n) is 1.74. The van der Waals surface area contributed by atoms with E-state index in [4.69, 9.17) is 14.2 Å². The number of benzene rings is 1. The number of rotatable bonds is 6. The summed E-state index contributed by atoms with van der Waals surface area (Å²) >= 11 is 0. The zero-order chi connectivity index (χ0) is 15.2. The van der Waals surface area contributed by atoms with Crippen LogP contribution in [0.3, 0.4) is 0 Å². The standard InChI is InChI=1S/C15H19N3O3/c1-10(2)21-12-6-5-11(9-13(12)19-3)17-15-16-8-7-14(18-15)20-4/h5-10H,1-4H3,(H,16,17,18). The van der Waals surface area contributed by atoms with E-state index in [0.717, 1.165) is 5.69 Å². The van der Waals surface area contributed by atoms with Crippen LogP contribution in [0.5, 0.6) is 17.4 Å². The zero-order valence-electron chi connectivity index (χ0n) is 12.6. The molecule has 0 fully saturated rings. The highest BCUT2D eigenvalue weighted by molar-refractivity contribution is 5.59. The average Bonchev–Trinajstić information content (AvgIpc) is 2.48. The molecule has 1 aromatic carbocycles. The molecule has 0 saturated carbocycles. The maximum Gasteiger partial charge on any atom is 0.230 e. The van der Waals surface area contributed by atoms with Gasteiger partial charge in [0.15, 0.2) is 11.5 Å². The van der Waals surface area contributed by atoms with Gasteiger partial charge in [0.1, 0.15) is 0 Å². The minimum atomic E-state index is 0.0828. The van der Waals surface area contributed by atoms with Crippen LogP contribution < -0.4 is 19.5 Å². The van der Waals surface area contributed by atoms with Gasteiger partial charge >= 0.3 is 0 Å². The number of nitrogens with zero attached hydrogens (tertiary/aromatic N) is 2. The van der Waals surface area contributed by atoms with E-state index in [0.29, 0.717) is 23.3 Å². The van der Waals surface area contributed by atoms with Gasteiger partial charge in [-0.05, 0) is 26.0 Å². The van der Waals surface area contributed by atoms with Crippen LogP contribution in [0.25, 0.3) is 0 Å². The van der Waals surface area contributed by atoms with E-state index in [2.05, 4.69) is 15.3 Å². The van der Waals surface area contributed by atoms with E-state index in [1.54, 1.807) is 26.5 Å². The Morgan fingerprint density at radius 1 is 1.05 bits per heavy atom. The maximum absolute atomic E-state index is 5.67. The molecule has 0 bridgehead atoms. The van der Waals surface area contributed by atoms with Gasteiger partial charge in [-0.3, -0.25) is 0 Å². The number of ether oxygens (including phenoxy) is 3. The van der Waals surface area contributed by atoms with E-state index >= 15 is 0 Å². The van der Waals surface area contributed by atoms with Crippen LogP contribution >= 0.6 is 0 Å². The minimum absolute atomic E-state index is 0.0828. The van der Waals surface area contributed by atoms with Crippen LogP contribution in [0.1, 0.15) is 13.8 Å². The first-order chi connectivity index (χ1) is 10.1. The molecule has 0 spiro atoms. The van der Waals surface area contributed by atoms with Crippen molar-refractivity contribution in [3.8, 4) is 17.4 Å². The van der Waals surface area contributed by atoms with Crippen LogP contribution in [0.15, 0.2) is 30.5 Å². The lowest BCUT2D eigenvalue weighted by molar-refractivity contribution is 0.230. The van der Waals surface area contributed by atoms with Crippen molar-refractivity contribution < 1.29 is 14.2 Å². The number of anilines is 2. The third-order valence-electron chi connectivity index (χ3n) is 2.62. The molecule has 1 N–H and O–H groups in total. The molecule has 0 saturated heterocycles. The number of methoxy groups -OCH3 is 2. The zero-order valence-corrected chi connectivity index (χ0v) is 12.6. The monoisotopic (exact) mass is 289 g/mol. The summed E-state index contributed by atoms with van der Waals surface area (Å²) in [4.78, 5) is 8.33. The second-order valence-corrected chi connectivity index (χ2v) is 4.58. The lowest BCUT2D eigenvalue weighted by Gasteiger charge is -2.14. The highest BCUT2D eigenvalue weighted by Crippen LogP contribution is 2.31. The van der Waals surface area contributed by atoms with Gasteiger partial charge in [-0.2, -0.15) is 4.98 Å². The first-order valence-electron chi connectivity index (χ1n) is 6.61. The molecule has 0 amide bonds. The van der Waals surface area contributed by atoms with E-state index in [-0.39, 0.29) is 6.10 Å². The van der Waals surface area contributed by atoms with Crippen LogP contribution in [-0.2, 0) is 0 Å². The third kappa shape index (κ3) is 3.98. The Balaban J connectivity index is 2.20. The van der Waals surface area contributed by atoms with Crippen LogP contribution in [0, 0.1) is 0 Å². The predicted molar refractivity (Wildman–Crippen MR) is 80.6 cm³/mol. The molecule has 6 nitrogen and oxygen atoms in total. The van der Waals surface area contributed by atoms with Crippen molar-refractivity contribution in [2.45, 2.75) is 20.0 Å². The van der Waals surface area contributed by atoms with E-state index < -0.39 is 0 Å². The van der Waals surface area contributed by atoms with Gasteiger partial charge < -0.3 is 19.5 Å². The van der Waals surface area contributed by atoms with Gasteiger partial charge in [-0.15, -0.1) is 0 Å². The average molecular weight is 289 g/mol. The number of aromatic nitrogens is 2. The first-order valence-corrected chi connectivity index (χ1v) is 6.61. The largest absolute Gasteiger partial charge is 0.493 e. The summed E-state index contributed by atoms with van der Waals surface area (Å²) in [6.07, 6.45) is 1.71. The molecule has 0 aliphatic heterocycles. The van der Waals surface area contributed by atoms with Crippen molar-refractivity contribution in [2.75, 3.05) is 19.5 Å². The molecule has 21 heavy (non-hydrogen) atoms. The summed E-state index contributed by atoms with van der Waals surface area (Å²) in [6.45, 7) is 3.94. The highest BCUT2D eigenvalue weighted by atomic mass is 16.5. The maximum atomic E-state index is 5.67. The summed E-state index contributed by atoms with van der Waals surface area (Å²) < 4.78 is 16.1. The van der Waals surface area contributed by atoms with E-state index in [1.165, 1.54) is 0 Å². The quantitative estimate of drug-likeness (QED) is 0.881. The Kier molecular flexibility index (Phi) is 4.81. The second kappa shape index (κ2) is 6.78. The number of hydrogen-bond donors (Lipinski definition) is 1. The molecular formula is C15H19N3O3. The summed E-state index contributed by atoms with van der Waals surface area (Å²) in [5, 5.41) is 3.10. The smallest absolute Gasteiger partial charge is 0.230 e. The van der Waals surface area contributed by atoms with Gasteiger partial charge in [-0.1, -0.05) is 0 Å². The molecule has 0 aliphatic carbocycles. The van der Waals surface area contributed by atoms with Crippen molar-refractivity contribution in [1.29, 1.82) is 0 Å². The fraction of sp³-hybridized carbons (Fsp3) is 0.333. The number of nitrogens with one attached hydrogen (secondary N) is 1. The molecule has 1 heterocycles. The lowest BCUT2D eigenvalue weighted by atomic mass is 10.2. The lowest BCUT2D eigenvalue weighted by Crippen LogP contribution is -2.07. The van der Waals surface area contributed by atoms with E-state index in [9.17, 15) is 0 Å². The fourth-order valence-corrected chi connectivity index (χ4v) is 1.74.